The predicted molar refractivity (Wildman–Crippen MR) is 102 cm³/mol. The van der Waals surface area contributed by atoms with Crippen LogP contribution in [0, 0.1) is 5.82 Å². The summed E-state index contributed by atoms with van der Waals surface area (Å²) in [5.74, 6) is 0.726. The number of nitrogens with zero attached hydrogens (tertiary/aromatic N) is 1. The molecule has 0 spiro atoms. The highest BCUT2D eigenvalue weighted by atomic mass is 19.1. The van der Waals surface area contributed by atoms with E-state index in [4.69, 9.17) is 18.6 Å². The number of rotatable bonds is 6. The van der Waals surface area contributed by atoms with Crippen LogP contribution in [0.1, 0.15) is 27.2 Å². The molecular formula is C22H20FNO5. The first-order chi connectivity index (χ1) is 14.1. The lowest BCUT2D eigenvalue weighted by Crippen LogP contribution is -2.27. The summed E-state index contributed by atoms with van der Waals surface area (Å²) in [6.45, 7) is 0.739. The highest BCUT2D eigenvalue weighted by molar-refractivity contribution is 5.92. The molecule has 2 heterocycles. The van der Waals surface area contributed by atoms with Crippen LogP contribution in [0.15, 0.2) is 59.2 Å². The van der Waals surface area contributed by atoms with Gasteiger partial charge in [0.1, 0.15) is 23.9 Å². The third-order valence-corrected chi connectivity index (χ3v) is 4.58. The molecule has 6 nitrogen and oxygen atoms in total. The second-order valence-electron chi connectivity index (χ2n) is 6.70. The molecule has 0 unspecified atom stereocenters. The predicted octanol–water partition coefficient (Wildman–Crippen LogP) is 4.14. The van der Waals surface area contributed by atoms with Gasteiger partial charge in [0.05, 0.1) is 12.9 Å². The fourth-order valence-electron chi connectivity index (χ4n) is 3.19. The normalized spacial score (nSPS) is 12.8. The van der Waals surface area contributed by atoms with E-state index in [1.54, 1.807) is 13.1 Å². The number of hydrogen-bond acceptors (Lipinski definition) is 5. The summed E-state index contributed by atoms with van der Waals surface area (Å²) in [4.78, 5) is 14.4. The minimum atomic E-state index is -0.399. The molecule has 0 N–H and O–H groups in total. The standard InChI is InChI=1S/C22H20FNO5/c1-24(11-16-9-18(23)10-17-12-26-14-29-20(16)17)22(25)21-15(7-8-27-21)13-28-19-5-3-2-4-6-19/h2-10H,11-14H2,1H3. The van der Waals surface area contributed by atoms with E-state index < -0.39 is 5.82 Å². The van der Waals surface area contributed by atoms with Gasteiger partial charge in [-0.15, -0.1) is 0 Å². The van der Waals surface area contributed by atoms with Gasteiger partial charge >= 0.3 is 0 Å². The van der Waals surface area contributed by atoms with Crippen LogP contribution < -0.4 is 9.47 Å². The largest absolute Gasteiger partial charge is 0.489 e. The Hall–Kier alpha value is -3.32. The number of fused-ring (bicyclic) bond motifs is 1. The summed E-state index contributed by atoms with van der Waals surface area (Å²) in [6, 6.07) is 13.8. The molecule has 0 saturated carbocycles. The molecule has 2 aromatic carbocycles. The molecule has 1 amide bonds. The molecule has 1 aliphatic rings. The fraction of sp³-hybridized carbons (Fsp3) is 0.227. The molecule has 0 bridgehead atoms. The number of para-hydroxylation sites is 1. The lowest BCUT2D eigenvalue weighted by Gasteiger charge is -2.23. The van der Waals surface area contributed by atoms with Crippen LogP contribution in [0.2, 0.25) is 0 Å². The van der Waals surface area contributed by atoms with Crippen molar-refractivity contribution in [3.05, 3.63) is 83.1 Å². The van der Waals surface area contributed by atoms with Crippen molar-refractivity contribution in [2.45, 2.75) is 19.8 Å². The molecule has 150 valence electrons. The van der Waals surface area contributed by atoms with Crippen LogP contribution in [-0.4, -0.2) is 24.6 Å². The number of ether oxygens (including phenoxy) is 3. The summed E-state index contributed by atoms with van der Waals surface area (Å²) < 4.78 is 35.8. The van der Waals surface area contributed by atoms with E-state index in [-0.39, 0.29) is 38.2 Å². The molecule has 4 rings (SSSR count). The first kappa shape index (κ1) is 19.0. The van der Waals surface area contributed by atoms with Crippen LogP contribution in [-0.2, 0) is 24.5 Å². The van der Waals surface area contributed by atoms with Crippen molar-refractivity contribution in [1.29, 1.82) is 0 Å². The van der Waals surface area contributed by atoms with Gasteiger partial charge in [-0.2, -0.15) is 0 Å². The smallest absolute Gasteiger partial charge is 0.290 e. The Morgan fingerprint density at radius 1 is 1.17 bits per heavy atom. The van der Waals surface area contributed by atoms with Gasteiger partial charge in [0.2, 0.25) is 0 Å². The Kier molecular flexibility index (Phi) is 5.48. The monoisotopic (exact) mass is 397 g/mol. The average Bonchev–Trinajstić information content (AvgIpc) is 3.21. The van der Waals surface area contributed by atoms with Gasteiger partial charge in [-0.1, -0.05) is 18.2 Å². The molecule has 0 radical (unpaired) electrons. The molecule has 29 heavy (non-hydrogen) atoms. The third-order valence-electron chi connectivity index (χ3n) is 4.58. The highest BCUT2D eigenvalue weighted by Gasteiger charge is 2.23. The fourth-order valence-corrected chi connectivity index (χ4v) is 3.19. The summed E-state index contributed by atoms with van der Waals surface area (Å²) in [7, 11) is 1.63. The van der Waals surface area contributed by atoms with Gasteiger partial charge in [0, 0.05) is 30.3 Å². The molecular weight excluding hydrogens is 377 g/mol. The average molecular weight is 397 g/mol. The highest BCUT2D eigenvalue weighted by Crippen LogP contribution is 2.30. The van der Waals surface area contributed by atoms with Crippen molar-refractivity contribution >= 4 is 5.91 Å². The van der Waals surface area contributed by atoms with Crippen LogP contribution in [0.25, 0.3) is 0 Å². The van der Waals surface area contributed by atoms with Crippen LogP contribution in [0.4, 0.5) is 4.39 Å². The lowest BCUT2D eigenvalue weighted by molar-refractivity contribution is -0.0175. The first-order valence-electron chi connectivity index (χ1n) is 9.13. The van der Waals surface area contributed by atoms with E-state index in [0.717, 1.165) is 0 Å². The minimum Gasteiger partial charge on any atom is -0.489 e. The summed E-state index contributed by atoms with van der Waals surface area (Å²) in [5.41, 5.74) is 1.84. The SMILES string of the molecule is CN(Cc1cc(F)cc2c1OCOC2)C(=O)c1occc1COc1ccccc1. The minimum absolute atomic E-state index is 0.0997. The van der Waals surface area contributed by atoms with Gasteiger partial charge in [-0.05, 0) is 30.3 Å². The molecule has 0 aliphatic carbocycles. The van der Waals surface area contributed by atoms with Crippen LogP contribution in [0.5, 0.6) is 11.5 Å². The molecule has 1 aromatic heterocycles. The first-order valence-corrected chi connectivity index (χ1v) is 9.13. The Bertz CT molecular complexity index is 1000. The molecule has 3 aromatic rings. The maximum atomic E-state index is 14.0. The third kappa shape index (κ3) is 4.25. The maximum Gasteiger partial charge on any atom is 0.290 e. The molecule has 7 heteroatoms. The van der Waals surface area contributed by atoms with Gasteiger partial charge < -0.3 is 23.5 Å². The summed E-state index contributed by atoms with van der Waals surface area (Å²) in [6.07, 6.45) is 1.45. The van der Waals surface area contributed by atoms with Crippen molar-refractivity contribution in [1.82, 2.24) is 4.90 Å². The quantitative estimate of drug-likeness (QED) is 0.626. The molecule has 0 atom stereocenters. The van der Waals surface area contributed by atoms with Crippen molar-refractivity contribution in [3.63, 3.8) is 0 Å². The maximum absolute atomic E-state index is 14.0. The Morgan fingerprint density at radius 3 is 2.83 bits per heavy atom. The topological polar surface area (TPSA) is 61.1 Å². The van der Waals surface area contributed by atoms with Gasteiger partial charge in [0.15, 0.2) is 12.6 Å². The van der Waals surface area contributed by atoms with Crippen molar-refractivity contribution < 1.29 is 27.8 Å². The Balaban J connectivity index is 1.48. The number of benzene rings is 2. The van der Waals surface area contributed by atoms with Crippen molar-refractivity contribution in [2.75, 3.05) is 13.8 Å². The number of hydrogen-bond donors (Lipinski definition) is 0. The lowest BCUT2D eigenvalue weighted by atomic mass is 10.1. The number of furan rings is 1. The second kappa shape index (κ2) is 8.36. The number of amides is 1. The van der Waals surface area contributed by atoms with Crippen molar-refractivity contribution in [3.8, 4) is 11.5 Å². The van der Waals surface area contributed by atoms with E-state index in [1.165, 1.54) is 23.3 Å². The number of carbonyl (C=O) groups is 1. The molecule has 0 fully saturated rings. The number of halogens is 1. The molecule has 0 saturated heterocycles. The zero-order valence-electron chi connectivity index (χ0n) is 15.9. The summed E-state index contributed by atoms with van der Waals surface area (Å²) >= 11 is 0. The van der Waals surface area contributed by atoms with Gasteiger partial charge in [-0.25, -0.2) is 4.39 Å². The van der Waals surface area contributed by atoms with Crippen LogP contribution >= 0.6 is 0 Å². The van der Waals surface area contributed by atoms with E-state index >= 15 is 0 Å². The van der Waals surface area contributed by atoms with E-state index in [1.807, 2.05) is 30.3 Å². The zero-order chi connectivity index (χ0) is 20.2. The zero-order valence-corrected chi connectivity index (χ0v) is 15.9. The van der Waals surface area contributed by atoms with Crippen molar-refractivity contribution in [2.24, 2.45) is 0 Å². The Morgan fingerprint density at radius 2 is 2.00 bits per heavy atom. The second-order valence-corrected chi connectivity index (χ2v) is 6.70. The summed E-state index contributed by atoms with van der Waals surface area (Å²) in [5, 5.41) is 0. The van der Waals surface area contributed by atoms with Crippen LogP contribution in [0.3, 0.4) is 0 Å². The van der Waals surface area contributed by atoms with E-state index in [9.17, 15) is 9.18 Å². The van der Waals surface area contributed by atoms with Gasteiger partial charge in [-0.3, -0.25) is 4.79 Å². The number of carbonyl (C=O) groups excluding carboxylic acids is 1. The van der Waals surface area contributed by atoms with E-state index in [2.05, 4.69) is 0 Å². The van der Waals surface area contributed by atoms with Gasteiger partial charge in [0.25, 0.3) is 5.91 Å². The van der Waals surface area contributed by atoms with E-state index in [0.29, 0.717) is 28.2 Å². The molecule has 1 aliphatic heterocycles. The Labute approximate surface area is 167 Å².